The number of rotatable bonds is 6. The summed E-state index contributed by atoms with van der Waals surface area (Å²) in [6.07, 6.45) is 0.652. The van der Waals surface area contributed by atoms with Crippen molar-refractivity contribution in [2.75, 3.05) is 11.9 Å². The van der Waals surface area contributed by atoms with Gasteiger partial charge in [0.05, 0.1) is 21.7 Å². The molecule has 1 heterocycles. The fourth-order valence-electron chi connectivity index (χ4n) is 1.66. The molecule has 0 radical (unpaired) electrons. The summed E-state index contributed by atoms with van der Waals surface area (Å²) in [6.45, 7) is 0.502. The Balaban J connectivity index is 2.10. The number of thiazole rings is 1. The molecule has 2 rings (SSSR count). The topological polar surface area (TPSA) is 105 Å². The molecule has 0 unspecified atom stereocenters. The number of nitrogens with one attached hydrogen (secondary N) is 1. The summed E-state index contributed by atoms with van der Waals surface area (Å²) >= 11 is 1.49. The van der Waals surface area contributed by atoms with Crippen molar-refractivity contribution < 1.29 is 14.8 Å². The first-order valence-corrected chi connectivity index (χ1v) is 6.65. The fourth-order valence-corrected chi connectivity index (χ4v) is 2.26. The minimum Gasteiger partial charge on any atom is -0.478 e. The van der Waals surface area contributed by atoms with Gasteiger partial charge in [-0.2, -0.15) is 0 Å². The van der Waals surface area contributed by atoms with Gasteiger partial charge >= 0.3 is 5.97 Å². The van der Waals surface area contributed by atoms with E-state index in [9.17, 15) is 14.9 Å². The van der Waals surface area contributed by atoms with E-state index >= 15 is 0 Å². The Morgan fingerprint density at radius 3 is 2.90 bits per heavy atom. The third-order valence-electron chi connectivity index (χ3n) is 2.62. The monoisotopic (exact) mass is 293 g/mol. The van der Waals surface area contributed by atoms with Crippen molar-refractivity contribution in [3.05, 3.63) is 50.5 Å². The van der Waals surface area contributed by atoms with Crippen LogP contribution in [0.25, 0.3) is 0 Å². The first-order chi connectivity index (χ1) is 9.58. The smallest absolute Gasteiger partial charge is 0.338 e. The minimum absolute atomic E-state index is 0.113. The number of carboxylic acids is 1. The van der Waals surface area contributed by atoms with E-state index in [1.54, 1.807) is 5.51 Å². The van der Waals surface area contributed by atoms with E-state index < -0.39 is 10.9 Å². The number of hydrogen-bond acceptors (Lipinski definition) is 6. The van der Waals surface area contributed by atoms with Crippen LogP contribution >= 0.6 is 11.3 Å². The number of benzene rings is 1. The molecule has 0 atom stereocenters. The number of nitrogens with zero attached hydrogens (tertiary/aromatic N) is 2. The maximum absolute atomic E-state index is 11.1. The Morgan fingerprint density at radius 1 is 1.50 bits per heavy atom. The molecule has 0 aliphatic rings. The van der Waals surface area contributed by atoms with Gasteiger partial charge in [-0.15, -0.1) is 11.3 Å². The maximum atomic E-state index is 11.1. The Labute approximate surface area is 118 Å². The quantitative estimate of drug-likeness (QED) is 0.626. The first-order valence-electron chi connectivity index (χ1n) is 5.70. The van der Waals surface area contributed by atoms with Crippen LogP contribution < -0.4 is 5.32 Å². The van der Waals surface area contributed by atoms with Crippen molar-refractivity contribution in [2.45, 2.75) is 6.42 Å². The van der Waals surface area contributed by atoms with Crippen LogP contribution in [-0.2, 0) is 6.42 Å². The van der Waals surface area contributed by atoms with Crippen molar-refractivity contribution >= 4 is 28.7 Å². The molecule has 0 aliphatic heterocycles. The second-order valence-corrected chi connectivity index (χ2v) is 4.67. The van der Waals surface area contributed by atoms with Gasteiger partial charge in [0, 0.05) is 36.2 Å². The van der Waals surface area contributed by atoms with Gasteiger partial charge < -0.3 is 10.4 Å². The summed E-state index contributed by atoms with van der Waals surface area (Å²) in [5, 5.41) is 24.6. The Kier molecular flexibility index (Phi) is 4.26. The van der Waals surface area contributed by atoms with Gasteiger partial charge in [-0.1, -0.05) is 0 Å². The normalized spacial score (nSPS) is 10.2. The van der Waals surface area contributed by atoms with E-state index in [-0.39, 0.29) is 11.3 Å². The van der Waals surface area contributed by atoms with Crippen molar-refractivity contribution in [1.82, 2.24) is 4.98 Å². The molecule has 0 fully saturated rings. The molecule has 20 heavy (non-hydrogen) atoms. The van der Waals surface area contributed by atoms with Gasteiger partial charge in [-0.25, -0.2) is 9.78 Å². The van der Waals surface area contributed by atoms with Crippen LogP contribution in [0.5, 0.6) is 0 Å². The zero-order chi connectivity index (χ0) is 14.5. The van der Waals surface area contributed by atoms with Crippen LogP contribution in [0.4, 0.5) is 11.4 Å². The van der Waals surface area contributed by atoms with Gasteiger partial charge in [0.2, 0.25) is 0 Å². The molecule has 2 aromatic rings. The Morgan fingerprint density at radius 2 is 2.30 bits per heavy atom. The molecule has 0 spiro atoms. The van der Waals surface area contributed by atoms with Gasteiger partial charge in [-0.3, -0.25) is 10.1 Å². The molecule has 1 aromatic carbocycles. The maximum Gasteiger partial charge on any atom is 0.338 e. The zero-order valence-electron chi connectivity index (χ0n) is 10.3. The number of anilines is 1. The standard InChI is InChI=1S/C12H11N3O4S/c16-12(17)10-5-9(15(18)19)1-2-11(10)13-4-3-8-6-20-7-14-8/h1-2,5-7,13H,3-4H2,(H,16,17). The number of nitro groups is 1. The Hall–Kier alpha value is -2.48. The predicted octanol–water partition coefficient (Wildman–Crippen LogP) is 2.40. The molecule has 2 N–H and O–H groups in total. The summed E-state index contributed by atoms with van der Waals surface area (Å²) in [5.74, 6) is -1.20. The van der Waals surface area contributed by atoms with Crippen LogP contribution in [0.2, 0.25) is 0 Å². The average Bonchev–Trinajstić information content (AvgIpc) is 2.91. The largest absolute Gasteiger partial charge is 0.478 e. The fraction of sp³-hybridized carbons (Fsp3) is 0.167. The van der Waals surface area contributed by atoms with E-state index in [0.717, 1.165) is 11.8 Å². The van der Waals surface area contributed by atoms with E-state index in [1.165, 1.54) is 23.5 Å². The highest BCUT2D eigenvalue weighted by atomic mass is 32.1. The number of aromatic nitrogens is 1. The summed E-state index contributed by atoms with van der Waals surface area (Å²) in [4.78, 5) is 25.3. The lowest BCUT2D eigenvalue weighted by Gasteiger charge is -2.08. The molecule has 0 saturated carbocycles. The lowest BCUT2D eigenvalue weighted by Crippen LogP contribution is -2.10. The highest BCUT2D eigenvalue weighted by Gasteiger charge is 2.15. The molecular formula is C12H11N3O4S. The zero-order valence-corrected chi connectivity index (χ0v) is 11.1. The van der Waals surface area contributed by atoms with Crippen LogP contribution in [0.15, 0.2) is 29.1 Å². The number of carbonyl (C=O) groups is 1. The molecule has 0 saturated heterocycles. The molecular weight excluding hydrogens is 282 g/mol. The third kappa shape index (κ3) is 3.29. The summed E-state index contributed by atoms with van der Waals surface area (Å²) < 4.78 is 0. The van der Waals surface area contributed by atoms with Crippen LogP contribution in [-0.4, -0.2) is 27.5 Å². The van der Waals surface area contributed by atoms with Crippen molar-refractivity contribution in [3.63, 3.8) is 0 Å². The van der Waals surface area contributed by atoms with Crippen molar-refractivity contribution in [1.29, 1.82) is 0 Å². The van der Waals surface area contributed by atoms with E-state index in [4.69, 9.17) is 5.11 Å². The molecule has 0 amide bonds. The summed E-state index contributed by atoms with van der Waals surface area (Å²) in [7, 11) is 0. The van der Waals surface area contributed by atoms with Gasteiger partial charge in [0.15, 0.2) is 0 Å². The van der Waals surface area contributed by atoms with Gasteiger partial charge in [0.1, 0.15) is 0 Å². The van der Waals surface area contributed by atoms with Crippen LogP contribution in [0.3, 0.4) is 0 Å². The summed E-state index contributed by atoms with van der Waals surface area (Å²) in [6, 6.07) is 3.73. The van der Waals surface area contributed by atoms with Crippen molar-refractivity contribution in [2.24, 2.45) is 0 Å². The number of nitro benzene ring substituents is 1. The molecule has 8 heteroatoms. The minimum atomic E-state index is -1.20. The average molecular weight is 293 g/mol. The highest BCUT2D eigenvalue weighted by molar-refractivity contribution is 7.07. The number of non-ortho nitro benzene ring substituents is 1. The molecule has 104 valence electrons. The van der Waals surface area contributed by atoms with E-state index in [0.29, 0.717) is 18.7 Å². The lowest BCUT2D eigenvalue weighted by atomic mass is 10.1. The Bertz CT molecular complexity index is 628. The van der Waals surface area contributed by atoms with Crippen LogP contribution in [0, 0.1) is 10.1 Å². The molecule has 7 nitrogen and oxygen atoms in total. The molecule has 0 aliphatic carbocycles. The third-order valence-corrected chi connectivity index (χ3v) is 3.26. The highest BCUT2D eigenvalue weighted by Crippen LogP contribution is 2.22. The number of hydrogen-bond donors (Lipinski definition) is 2. The summed E-state index contributed by atoms with van der Waals surface area (Å²) in [5.41, 5.74) is 2.65. The number of aromatic carboxylic acids is 1. The van der Waals surface area contributed by atoms with Crippen molar-refractivity contribution in [3.8, 4) is 0 Å². The second kappa shape index (κ2) is 6.11. The molecule has 1 aromatic heterocycles. The van der Waals surface area contributed by atoms with E-state index in [1.807, 2.05) is 5.38 Å². The predicted molar refractivity (Wildman–Crippen MR) is 74.4 cm³/mol. The number of carboxylic acid groups (broad SMARTS) is 1. The molecule has 0 bridgehead atoms. The van der Waals surface area contributed by atoms with Crippen LogP contribution in [0.1, 0.15) is 16.1 Å². The van der Waals surface area contributed by atoms with Gasteiger partial charge in [-0.05, 0) is 6.07 Å². The van der Waals surface area contributed by atoms with Gasteiger partial charge in [0.25, 0.3) is 5.69 Å². The lowest BCUT2D eigenvalue weighted by molar-refractivity contribution is -0.384. The second-order valence-electron chi connectivity index (χ2n) is 3.95. The van der Waals surface area contributed by atoms with E-state index in [2.05, 4.69) is 10.3 Å². The first kappa shape index (κ1) is 13.9. The SMILES string of the molecule is O=C(O)c1cc([N+](=O)[O-])ccc1NCCc1cscn1.